The molecule has 156 valence electrons. The van der Waals surface area contributed by atoms with Gasteiger partial charge in [-0.2, -0.15) is 0 Å². The number of methoxy groups -OCH3 is 1. The molecule has 2 aromatic carbocycles. The third kappa shape index (κ3) is 5.26. The lowest BCUT2D eigenvalue weighted by atomic mass is 10.1. The van der Waals surface area contributed by atoms with E-state index in [4.69, 9.17) is 18.6 Å². The topological polar surface area (TPSA) is 83.7 Å². The fourth-order valence-electron chi connectivity index (χ4n) is 2.70. The van der Waals surface area contributed by atoms with E-state index in [0.29, 0.717) is 24.0 Å². The number of benzene rings is 2. The quantitative estimate of drug-likeness (QED) is 0.392. The first-order valence-corrected chi connectivity index (χ1v) is 9.60. The second-order valence-corrected chi connectivity index (χ2v) is 6.57. The van der Waals surface area contributed by atoms with Crippen molar-refractivity contribution in [3.63, 3.8) is 0 Å². The molecule has 0 saturated carbocycles. The summed E-state index contributed by atoms with van der Waals surface area (Å²) < 4.78 is 21.8. The molecule has 0 aliphatic rings. The Labute approximate surface area is 175 Å². The summed E-state index contributed by atoms with van der Waals surface area (Å²) in [5, 5.41) is 8.02. The van der Waals surface area contributed by atoms with Crippen LogP contribution in [0.15, 0.2) is 53.0 Å². The molecule has 0 aliphatic carbocycles. The number of ether oxygens (including phenoxy) is 3. The Hall–Kier alpha value is -3.61. The highest BCUT2D eigenvalue weighted by Crippen LogP contribution is 2.28. The van der Waals surface area contributed by atoms with Crippen molar-refractivity contribution in [2.75, 3.05) is 13.7 Å². The van der Waals surface area contributed by atoms with Gasteiger partial charge in [0, 0.05) is 11.6 Å². The summed E-state index contributed by atoms with van der Waals surface area (Å²) in [7, 11) is 1.57. The van der Waals surface area contributed by atoms with Crippen LogP contribution >= 0.6 is 0 Å². The van der Waals surface area contributed by atoms with Gasteiger partial charge in [-0.15, -0.1) is 10.2 Å². The highest BCUT2D eigenvalue weighted by atomic mass is 16.6. The van der Waals surface area contributed by atoms with Crippen LogP contribution in [0, 0.1) is 6.92 Å². The molecule has 0 amide bonds. The summed E-state index contributed by atoms with van der Waals surface area (Å²) in [6, 6.07) is 13.1. The molecule has 30 heavy (non-hydrogen) atoms. The maximum Gasteiger partial charge on any atom is 0.331 e. The molecule has 1 aromatic heterocycles. The molecule has 0 spiro atoms. The Morgan fingerprint density at radius 2 is 1.90 bits per heavy atom. The SMILES string of the molecule is CCOc1ccc(/C=C/C(=O)O[C@@H](C)c2nnc(-c3ccc(C)cc3)o2)cc1OC. The summed E-state index contributed by atoms with van der Waals surface area (Å²) in [5.41, 5.74) is 2.72. The van der Waals surface area contributed by atoms with Gasteiger partial charge in [-0.3, -0.25) is 0 Å². The van der Waals surface area contributed by atoms with Gasteiger partial charge in [0.1, 0.15) is 0 Å². The van der Waals surface area contributed by atoms with Crippen LogP contribution < -0.4 is 9.47 Å². The van der Waals surface area contributed by atoms with E-state index in [1.807, 2.05) is 44.2 Å². The van der Waals surface area contributed by atoms with Crippen LogP contribution in [-0.2, 0) is 9.53 Å². The van der Waals surface area contributed by atoms with Gasteiger partial charge in [-0.1, -0.05) is 23.8 Å². The van der Waals surface area contributed by atoms with E-state index in [1.165, 1.54) is 6.08 Å². The first-order chi connectivity index (χ1) is 14.5. The number of carbonyl (C=O) groups is 1. The van der Waals surface area contributed by atoms with Crippen molar-refractivity contribution < 1.29 is 23.4 Å². The molecule has 0 bridgehead atoms. The number of esters is 1. The molecular weight excluding hydrogens is 384 g/mol. The minimum Gasteiger partial charge on any atom is -0.493 e. The predicted molar refractivity (Wildman–Crippen MR) is 112 cm³/mol. The average molecular weight is 408 g/mol. The largest absolute Gasteiger partial charge is 0.493 e. The van der Waals surface area contributed by atoms with E-state index in [0.717, 1.165) is 16.7 Å². The number of aromatic nitrogens is 2. The Bertz CT molecular complexity index is 1020. The Kier molecular flexibility index (Phi) is 6.85. The van der Waals surface area contributed by atoms with Gasteiger partial charge in [0.2, 0.25) is 5.89 Å². The van der Waals surface area contributed by atoms with Crippen LogP contribution in [0.2, 0.25) is 0 Å². The number of hydrogen-bond acceptors (Lipinski definition) is 7. The zero-order valence-electron chi connectivity index (χ0n) is 17.4. The predicted octanol–water partition coefficient (Wildman–Crippen LogP) is 4.77. The van der Waals surface area contributed by atoms with Crippen molar-refractivity contribution in [2.45, 2.75) is 26.9 Å². The van der Waals surface area contributed by atoms with Gasteiger partial charge in [-0.05, 0) is 56.7 Å². The third-order valence-electron chi connectivity index (χ3n) is 4.28. The van der Waals surface area contributed by atoms with Crippen LogP contribution in [0.3, 0.4) is 0 Å². The zero-order chi connectivity index (χ0) is 21.5. The molecule has 0 N–H and O–H groups in total. The normalized spacial score (nSPS) is 12.0. The van der Waals surface area contributed by atoms with Crippen molar-refractivity contribution in [2.24, 2.45) is 0 Å². The van der Waals surface area contributed by atoms with E-state index in [-0.39, 0.29) is 5.89 Å². The van der Waals surface area contributed by atoms with Gasteiger partial charge in [0.25, 0.3) is 5.89 Å². The van der Waals surface area contributed by atoms with Crippen molar-refractivity contribution in [3.05, 3.63) is 65.6 Å². The molecule has 3 rings (SSSR count). The molecule has 0 radical (unpaired) electrons. The third-order valence-corrected chi connectivity index (χ3v) is 4.28. The zero-order valence-corrected chi connectivity index (χ0v) is 17.4. The second kappa shape index (κ2) is 9.73. The number of carbonyl (C=O) groups excluding carboxylic acids is 1. The van der Waals surface area contributed by atoms with Gasteiger partial charge < -0.3 is 18.6 Å². The Balaban J connectivity index is 1.62. The van der Waals surface area contributed by atoms with E-state index < -0.39 is 12.1 Å². The molecule has 0 unspecified atom stereocenters. The van der Waals surface area contributed by atoms with Crippen LogP contribution in [0.25, 0.3) is 17.5 Å². The lowest BCUT2D eigenvalue weighted by Crippen LogP contribution is -2.06. The molecule has 1 atom stereocenters. The fraction of sp³-hybridized carbons (Fsp3) is 0.261. The number of rotatable bonds is 8. The Morgan fingerprint density at radius 1 is 1.13 bits per heavy atom. The van der Waals surface area contributed by atoms with Crippen molar-refractivity contribution >= 4 is 12.0 Å². The molecule has 0 fully saturated rings. The maximum atomic E-state index is 12.2. The first kappa shape index (κ1) is 21.1. The van der Waals surface area contributed by atoms with Crippen molar-refractivity contribution in [3.8, 4) is 23.0 Å². The number of aryl methyl sites for hydroxylation is 1. The lowest BCUT2D eigenvalue weighted by molar-refractivity contribution is -0.143. The summed E-state index contributed by atoms with van der Waals surface area (Å²) in [6.07, 6.45) is 2.30. The average Bonchev–Trinajstić information content (AvgIpc) is 3.24. The van der Waals surface area contributed by atoms with Crippen molar-refractivity contribution in [1.29, 1.82) is 0 Å². The molecule has 1 heterocycles. The summed E-state index contributed by atoms with van der Waals surface area (Å²) in [5.74, 6) is 1.33. The van der Waals surface area contributed by atoms with Gasteiger partial charge in [-0.25, -0.2) is 4.79 Å². The smallest absolute Gasteiger partial charge is 0.331 e. The minimum absolute atomic E-state index is 0.232. The van der Waals surface area contributed by atoms with Gasteiger partial charge in [0.15, 0.2) is 17.6 Å². The highest BCUT2D eigenvalue weighted by molar-refractivity contribution is 5.87. The van der Waals surface area contributed by atoms with Crippen LogP contribution in [0.5, 0.6) is 11.5 Å². The molecule has 7 nitrogen and oxygen atoms in total. The number of hydrogen-bond donors (Lipinski definition) is 0. The summed E-state index contributed by atoms with van der Waals surface area (Å²) in [4.78, 5) is 12.2. The monoisotopic (exact) mass is 408 g/mol. The summed E-state index contributed by atoms with van der Waals surface area (Å²) >= 11 is 0. The number of nitrogens with zero attached hydrogens (tertiary/aromatic N) is 2. The van der Waals surface area contributed by atoms with Crippen molar-refractivity contribution in [1.82, 2.24) is 10.2 Å². The van der Waals surface area contributed by atoms with E-state index in [2.05, 4.69) is 10.2 Å². The standard InChI is InChI=1S/C23H24N2O5/c1-5-28-19-12-8-17(14-20(19)27-4)9-13-21(26)29-16(3)22-24-25-23(30-22)18-10-6-15(2)7-11-18/h6-14,16H,5H2,1-4H3/b13-9+/t16-/m0/s1. The van der Waals surface area contributed by atoms with E-state index in [9.17, 15) is 4.79 Å². The second-order valence-electron chi connectivity index (χ2n) is 6.57. The molecule has 0 aliphatic heterocycles. The first-order valence-electron chi connectivity index (χ1n) is 9.60. The van der Waals surface area contributed by atoms with Crippen LogP contribution in [0.1, 0.15) is 37.0 Å². The fourth-order valence-corrected chi connectivity index (χ4v) is 2.70. The van der Waals surface area contributed by atoms with Gasteiger partial charge >= 0.3 is 5.97 Å². The van der Waals surface area contributed by atoms with E-state index >= 15 is 0 Å². The highest BCUT2D eigenvalue weighted by Gasteiger charge is 2.18. The molecule has 0 saturated heterocycles. The minimum atomic E-state index is -0.677. The van der Waals surface area contributed by atoms with Crippen LogP contribution in [0.4, 0.5) is 0 Å². The molecule has 3 aromatic rings. The van der Waals surface area contributed by atoms with Crippen LogP contribution in [-0.4, -0.2) is 29.9 Å². The Morgan fingerprint density at radius 3 is 2.60 bits per heavy atom. The van der Waals surface area contributed by atoms with E-state index in [1.54, 1.807) is 32.2 Å². The van der Waals surface area contributed by atoms with Gasteiger partial charge in [0.05, 0.1) is 13.7 Å². The lowest BCUT2D eigenvalue weighted by Gasteiger charge is -2.09. The molecule has 7 heteroatoms. The maximum absolute atomic E-state index is 12.2. The molecular formula is C23H24N2O5. The summed E-state index contributed by atoms with van der Waals surface area (Å²) in [6.45, 7) is 6.12.